The fourth-order valence-corrected chi connectivity index (χ4v) is 1.85. The normalized spacial score (nSPS) is 12.7. The molecule has 0 aliphatic rings. The van der Waals surface area contributed by atoms with Gasteiger partial charge in [0.15, 0.2) is 0 Å². The number of rotatable bonds is 3. The molecule has 0 saturated carbocycles. The molecule has 96 valence electrons. The summed E-state index contributed by atoms with van der Waals surface area (Å²) in [7, 11) is 0. The third-order valence-corrected chi connectivity index (χ3v) is 3.02. The minimum atomic E-state index is -0.221. The van der Waals surface area contributed by atoms with Gasteiger partial charge in [0, 0.05) is 5.39 Å². The monoisotopic (exact) mass is 254 g/mol. The quantitative estimate of drug-likeness (QED) is 0.777. The Labute approximate surface area is 110 Å². The van der Waals surface area contributed by atoms with Crippen LogP contribution in [0.1, 0.15) is 25.3 Å². The summed E-state index contributed by atoms with van der Waals surface area (Å²) in [5.41, 5.74) is 7.43. The van der Waals surface area contributed by atoms with Gasteiger partial charge in [-0.2, -0.15) is 0 Å². The minimum absolute atomic E-state index is 0.221. The zero-order chi connectivity index (χ0) is 13.2. The molecule has 2 aromatic heterocycles. The highest BCUT2D eigenvalue weighted by atomic mass is 16.4. The molecule has 5 nitrogen and oxygen atoms in total. The standard InChI is InChI=1S/C14H14N4O/c1-2-10(15)13-17-18-14(19-13)12-8-7-9-5-3-4-6-11(9)16-12/h3-8,10H,2,15H2,1H3. The molecular weight excluding hydrogens is 240 g/mol. The number of hydrogen-bond donors (Lipinski definition) is 1. The first kappa shape index (κ1) is 11.8. The second-order valence-corrected chi connectivity index (χ2v) is 4.35. The van der Waals surface area contributed by atoms with Crippen molar-refractivity contribution in [2.24, 2.45) is 5.73 Å². The summed E-state index contributed by atoms with van der Waals surface area (Å²) in [4.78, 5) is 4.51. The molecule has 1 atom stereocenters. The predicted molar refractivity (Wildman–Crippen MR) is 72.3 cm³/mol. The van der Waals surface area contributed by atoms with Gasteiger partial charge in [-0.15, -0.1) is 10.2 Å². The predicted octanol–water partition coefficient (Wildman–Crippen LogP) is 2.69. The van der Waals surface area contributed by atoms with Crippen LogP contribution in [-0.4, -0.2) is 15.2 Å². The highest BCUT2D eigenvalue weighted by molar-refractivity contribution is 5.80. The Morgan fingerprint density at radius 1 is 1.16 bits per heavy atom. The van der Waals surface area contributed by atoms with E-state index < -0.39 is 0 Å². The minimum Gasteiger partial charge on any atom is -0.418 e. The zero-order valence-electron chi connectivity index (χ0n) is 10.6. The van der Waals surface area contributed by atoms with E-state index in [4.69, 9.17) is 10.2 Å². The fourth-order valence-electron chi connectivity index (χ4n) is 1.85. The maximum absolute atomic E-state index is 5.86. The second kappa shape index (κ2) is 4.78. The van der Waals surface area contributed by atoms with Crippen molar-refractivity contribution in [3.63, 3.8) is 0 Å². The van der Waals surface area contributed by atoms with Gasteiger partial charge in [0.25, 0.3) is 5.89 Å². The van der Waals surface area contributed by atoms with E-state index in [-0.39, 0.29) is 6.04 Å². The van der Waals surface area contributed by atoms with Crippen molar-refractivity contribution in [3.05, 3.63) is 42.3 Å². The Balaban J connectivity index is 2.01. The van der Waals surface area contributed by atoms with Gasteiger partial charge >= 0.3 is 0 Å². The number of fused-ring (bicyclic) bond motifs is 1. The number of para-hydroxylation sites is 1. The van der Waals surface area contributed by atoms with E-state index in [1.807, 2.05) is 43.3 Å². The lowest BCUT2D eigenvalue weighted by Crippen LogP contribution is -2.08. The number of benzene rings is 1. The molecule has 3 aromatic rings. The lowest BCUT2D eigenvalue weighted by Gasteiger charge is -2.01. The van der Waals surface area contributed by atoms with Crippen LogP contribution in [0.25, 0.3) is 22.5 Å². The van der Waals surface area contributed by atoms with Gasteiger partial charge in [-0.25, -0.2) is 4.98 Å². The molecule has 0 aliphatic carbocycles. The van der Waals surface area contributed by atoms with E-state index in [9.17, 15) is 0 Å². The number of nitrogens with two attached hydrogens (primary N) is 1. The first-order valence-electron chi connectivity index (χ1n) is 6.23. The fraction of sp³-hybridized carbons (Fsp3) is 0.214. The van der Waals surface area contributed by atoms with E-state index in [0.717, 1.165) is 17.3 Å². The highest BCUT2D eigenvalue weighted by Gasteiger charge is 2.14. The lowest BCUT2D eigenvalue weighted by atomic mass is 10.2. The van der Waals surface area contributed by atoms with Crippen LogP contribution in [0, 0.1) is 0 Å². The van der Waals surface area contributed by atoms with E-state index in [1.165, 1.54) is 0 Å². The summed E-state index contributed by atoms with van der Waals surface area (Å²) in [6, 6.07) is 11.5. The van der Waals surface area contributed by atoms with Crippen LogP contribution in [0.4, 0.5) is 0 Å². The van der Waals surface area contributed by atoms with Gasteiger partial charge in [-0.05, 0) is 18.6 Å². The molecule has 2 heterocycles. The molecule has 5 heteroatoms. The molecule has 2 N–H and O–H groups in total. The van der Waals surface area contributed by atoms with Gasteiger partial charge < -0.3 is 10.2 Å². The molecule has 0 bridgehead atoms. The molecule has 1 unspecified atom stereocenters. The van der Waals surface area contributed by atoms with E-state index in [0.29, 0.717) is 17.5 Å². The van der Waals surface area contributed by atoms with Crippen molar-refractivity contribution in [1.29, 1.82) is 0 Å². The Kier molecular flexibility index (Phi) is 2.97. The Morgan fingerprint density at radius 2 is 2.00 bits per heavy atom. The molecule has 19 heavy (non-hydrogen) atoms. The molecule has 3 rings (SSSR count). The lowest BCUT2D eigenvalue weighted by molar-refractivity contribution is 0.452. The van der Waals surface area contributed by atoms with Crippen LogP contribution in [0.2, 0.25) is 0 Å². The zero-order valence-corrected chi connectivity index (χ0v) is 10.6. The van der Waals surface area contributed by atoms with Crippen molar-refractivity contribution in [3.8, 4) is 11.6 Å². The highest BCUT2D eigenvalue weighted by Crippen LogP contribution is 2.21. The van der Waals surface area contributed by atoms with E-state index in [1.54, 1.807) is 0 Å². The second-order valence-electron chi connectivity index (χ2n) is 4.35. The smallest absolute Gasteiger partial charge is 0.266 e. The van der Waals surface area contributed by atoms with Crippen LogP contribution in [0.3, 0.4) is 0 Å². The van der Waals surface area contributed by atoms with Crippen LogP contribution in [0.5, 0.6) is 0 Å². The Hall–Kier alpha value is -2.27. The van der Waals surface area contributed by atoms with Crippen molar-refractivity contribution in [2.45, 2.75) is 19.4 Å². The topological polar surface area (TPSA) is 77.8 Å². The molecule has 0 aliphatic heterocycles. The number of pyridine rings is 1. The molecule has 0 radical (unpaired) electrons. The number of aromatic nitrogens is 3. The van der Waals surface area contributed by atoms with Gasteiger partial charge in [0.1, 0.15) is 5.69 Å². The van der Waals surface area contributed by atoms with Crippen molar-refractivity contribution in [2.75, 3.05) is 0 Å². The van der Waals surface area contributed by atoms with Crippen molar-refractivity contribution < 1.29 is 4.42 Å². The van der Waals surface area contributed by atoms with Crippen LogP contribution < -0.4 is 5.73 Å². The summed E-state index contributed by atoms with van der Waals surface area (Å²) < 4.78 is 5.56. The number of nitrogens with zero attached hydrogens (tertiary/aromatic N) is 3. The average molecular weight is 254 g/mol. The largest absolute Gasteiger partial charge is 0.418 e. The van der Waals surface area contributed by atoms with Crippen molar-refractivity contribution >= 4 is 10.9 Å². The third-order valence-electron chi connectivity index (χ3n) is 3.02. The van der Waals surface area contributed by atoms with E-state index in [2.05, 4.69) is 15.2 Å². The summed E-state index contributed by atoms with van der Waals surface area (Å²) in [5, 5.41) is 9.04. The van der Waals surface area contributed by atoms with Gasteiger partial charge in [-0.3, -0.25) is 0 Å². The first-order chi connectivity index (χ1) is 9.28. The number of hydrogen-bond acceptors (Lipinski definition) is 5. The summed E-state index contributed by atoms with van der Waals surface area (Å²) in [6.07, 6.45) is 0.757. The summed E-state index contributed by atoms with van der Waals surface area (Å²) in [6.45, 7) is 1.98. The summed E-state index contributed by atoms with van der Waals surface area (Å²) >= 11 is 0. The van der Waals surface area contributed by atoms with Crippen LogP contribution in [0.15, 0.2) is 40.8 Å². The van der Waals surface area contributed by atoms with Gasteiger partial charge in [0.05, 0.1) is 11.6 Å². The molecule has 0 amide bonds. The van der Waals surface area contributed by atoms with E-state index >= 15 is 0 Å². The SMILES string of the molecule is CCC(N)c1nnc(-c2ccc3ccccc3n2)o1. The maximum Gasteiger partial charge on any atom is 0.266 e. The molecule has 0 saturated heterocycles. The maximum atomic E-state index is 5.86. The first-order valence-corrected chi connectivity index (χ1v) is 6.23. The Bertz CT molecular complexity index is 707. The molecular formula is C14H14N4O. The Morgan fingerprint density at radius 3 is 2.84 bits per heavy atom. The van der Waals surface area contributed by atoms with Gasteiger partial charge in [-0.1, -0.05) is 31.2 Å². The van der Waals surface area contributed by atoms with Gasteiger partial charge in [0.2, 0.25) is 5.89 Å². The average Bonchev–Trinajstić information content (AvgIpc) is 2.95. The molecule has 0 fully saturated rings. The summed E-state index contributed by atoms with van der Waals surface area (Å²) in [5.74, 6) is 0.858. The van der Waals surface area contributed by atoms with Crippen LogP contribution in [-0.2, 0) is 0 Å². The van der Waals surface area contributed by atoms with Crippen LogP contribution >= 0.6 is 0 Å². The van der Waals surface area contributed by atoms with Crippen molar-refractivity contribution in [1.82, 2.24) is 15.2 Å². The third kappa shape index (κ3) is 2.20. The molecule has 0 spiro atoms. The molecule has 1 aromatic carbocycles.